The number of unbranched alkanes of at least 4 members (excludes halogenated alkanes) is 5. The van der Waals surface area contributed by atoms with E-state index in [0.717, 1.165) is 25.9 Å². The maximum Gasteiger partial charge on any atom is 0.0663 e. The summed E-state index contributed by atoms with van der Waals surface area (Å²) >= 11 is 0. The van der Waals surface area contributed by atoms with Crippen molar-refractivity contribution in [3.8, 4) is 0 Å². The summed E-state index contributed by atoms with van der Waals surface area (Å²) in [5.74, 6) is 0.621. The van der Waals surface area contributed by atoms with Gasteiger partial charge < -0.3 is 10.1 Å². The molecule has 23 heavy (non-hydrogen) atoms. The predicted octanol–water partition coefficient (Wildman–Crippen LogP) is 5.95. The van der Waals surface area contributed by atoms with E-state index in [1.165, 1.54) is 44.9 Å². The molecule has 0 aliphatic carbocycles. The minimum atomic E-state index is -0.0241. The highest BCUT2D eigenvalue weighted by Crippen LogP contribution is 2.41. The molecule has 0 amide bonds. The Labute approximate surface area is 146 Å². The number of piperidine rings is 1. The van der Waals surface area contributed by atoms with E-state index in [4.69, 9.17) is 4.74 Å². The molecule has 0 saturated carbocycles. The lowest BCUT2D eigenvalue weighted by atomic mass is 9.69. The SMILES string of the molecule is CCCCCCCCC(C(C)(C)C)C(C)(C)OC1CCNCC1. The Kier molecular flexibility index (Phi) is 9.15. The van der Waals surface area contributed by atoms with Crippen LogP contribution in [0.3, 0.4) is 0 Å². The van der Waals surface area contributed by atoms with Gasteiger partial charge in [-0.15, -0.1) is 0 Å². The molecule has 2 heteroatoms. The van der Waals surface area contributed by atoms with Crippen LogP contribution in [0.4, 0.5) is 0 Å². The second-order valence-electron chi connectivity index (χ2n) is 9.15. The van der Waals surface area contributed by atoms with E-state index in [9.17, 15) is 0 Å². The zero-order valence-electron chi connectivity index (χ0n) is 16.8. The fourth-order valence-electron chi connectivity index (χ4n) is 4.38. The molecule has 138 valence electrons. The molecule has 1 heterocycles. The normalized spacial score (nSPS) is 19.0. The van der Waals surface area contributed by atoms with Crippen molar-refractivity contribution in [2.45, 2.75) is 111 Å². The summed E-state index contributed by atoms with van der Waals surface area (Å²) in [5, 5.41) is 3.44. The fourth-order valence-corrected chi connectivity index (χ4v) is 4.38. The molecule has 2 nitrogen and oxygen atoms in total. The van der Waals surface area contributed by atoms with Crippen molar-refractivity contribution in [3.63, 3.8) is 0 Å². The van der Waals surface area contributed by atoms with Gasteiger partial charge in [0.25, 0.3) is 0 Å². The maximum atomic E-state index is 6.62. The van der Waals surface area contributed by atoms with Crippen LogP contribution in [-0.2, 0) is 4.74 Å². The van der Waals surface area contributed by atoms with Crippen molar-refractivity contribution in [1.29, 1.82) is 0 Å². The van der Waals surface area contributed by atoms with Crippen LogP contribution in [0.25, 0.3) is 0 Å². The minimum Gasteiger partial charge on any atom is -0.372 e. The van der Waals surface area contributed by atoms with Gasteiger partial charge in [0.15, 0.2) is 0 Å². The third-order valence-electron chi connectivity index (χ3n) is 5.49. The van der Waals surface area contributed by atoms with Crippen LogP contribution in [0.15, 0.2) is 0 Å². The Bertz CT molecular complexity index is 299. The summed E-state index contributed by atoms with van der Waals surface area (Å²) < 4.78 is 6.62. The van der Waals surface area contributed by atoms with Crippen molar-refractivity contribution >= 4 is 0 Å². The second-order valence-corrected chi connectivity index (χ2v) is 9.15. The van der Waals surface area contributed by atoms with Gasteiger partial charge in [-0.3, -0.25) is 0 Å². The first kappa shape index (κ1) is 21.0. The quantitative estimate of drug-likeness (QED) is 0.501. The zero-order chi connectivity index (χ0) is 17.3. The maximum absolute atomic E-state index is 6.62. The summed E-state index contributed by atoms with van der Waals surface area (Å²) in [5.41, 5.74) is 0.281. The number of hydrogen-bond acceptors (Lipinski definition) is 2. The molecule has 0 bridgehead atoms. The summed E-state index contributed by atoms with van der Waals surface area (Å²) in [6.07, 6.45) is 12.4. The van der Waals surface area contributed by atoms with Crippen molar-refractivity contribution < 1.29 is 4.74 Å². The molecule has 1 N–H and O–H groups in total. The van der Waals surface area contributed by atoms with Gasteiger partial charge in [0.05, 0.1) is 11.7 Å². The molecule has 1 atom stereocenters. The smallest absolute Gasteiger partial charge is 0.0663 e. The highest BCUT2D eigenvalue weighted by atomic mass is 16.5. The lowest BCUT2D eigenvalue weighted by molar-refractivity contribution is -0.138. The van der Waals surface area contributed by atoms with Crippen LogP contribution < -0.4 is 5.32 Å². The summed E-state index contributed by atoms with van der Waals surface area (Å²) in [7, 11) is 0. The number of hydrogen-bond donors (Lipinski definition) is 1. The van der Waals surface area contributed by atoms with Gasteiger partial charge >= 0.3 is 0 Å². The molecule has 1 saturated heterocycles. The third kappa shape index (κ3) is 8.03. The van der Waals surface area contributed by atoms with Crippen LogP contribution in [0.2, 0.25) is 0 Å². The summed E-state index contributed by atoms with van der Waals surface area (Å²) in [6, 6.07) is 0. The zero-order valence-corrected chi connectivity index (χ0v) is 16.8. The second kappa shape index (κ2) is 10.0. The van der Waals surface area contributed by atoms with Crippen LogP contribution in [0.1, 0.15) is 99.3 Å². The lowest BCUT2D eigenvalue weighted by Crippen LogP contribution is -2.46. The fraction of sp³-hybridized carbons (Fsp3) is 1.00. The topological polar surface area (TPSA) is 21.3 Å². The largest absolute Gasteiger partial charge is 0.372 e. The van der Waals surface area contributed by atoms with E-state index < -0.39 is 0 Å². The van der Waals surface area contributed by atoms with Gasteiger partial charge in [-0.25, -0.2) is 0 Å². The van der Waals surface area contributed by atoms with Gasteiger partial charge in [0.1, 0.15) is 0 Å². The number of rotatable bonds is 10. The Morgan fingerprint density at radius 1 is 0.913 bits per heavy atom. The van der Waals surface area contributed by atoms with Gasteiger partial charge in [-0.05, 0) is 57.5 Å². The molecule has 0 spiro atoms. The van der Waals surface area contributed by atoms with E-state index in [0.29, 0.717) is 17.4 Å². The first-order valence-corrected chi connectivity index (χ1v) is 10.2. The average Bonchev–Trinajstić information content (AvgIpc) is 2.45. The van der Waals surface area contributed by atoms with Crippen LogP contribution in [0.5, 0.6) is 0 Å². The van der Waals surface area contributed by atoms with E-state index in [1.807, 2.05) is 0 Å². The highest BCUT2D eigenvalue weighted by molar-refractivity contribution is 4.89. The molecule has 1 aliphatic heterocycles. The Hall–Kier alpha value is -0.0800. The molecule has 0 aromatic carbocycles. The molecular weight excluding hydrogens is 282 g/mol. The van der Waals surface area contributed by atoms with Gasteiger partial charge in [0, 0.05) is 0 Å². The molecule has 1 rings (SSSR count). The molecular formula is C21H43NO. The van der Waals surface area contributed by atoms with Crippen molar-refractivity contribution in [1.82, 2.24) is 5.32 Å². The molecule has 0 aromatic rings. The van der Waals surface area contributed by atoms with E-state index in [1.54, 1.807) is 0 Å². The van der Waals surface area contributed by atoms with E-state index in [2.05, 4.69) is 46.9 Å². The lowest BCUT2D eigenvalue weighted by Gasteiger charge is -2.45. The first-order chi connectivity index (χ1) is 10.8. The Morgan fingerprint density at radius 3 is 2.04 bits per heavy atom. The molecule has 0 aromatic heterocycles. The molecule has 1 aliphatic rings. The number of ether oxygens (including phenoxy) is 1. The van der Waals surface area contributed by atoms with E-state index in [-0.39, 0.29) is 5.60 Å². The van der Waals surface area contributed by atoms with Gasteiger partial charge in [0.2, 0.25) is 0 Å². The first-order valence-electron chi connectivity index (χ1n) is 10.2. The minimum absolute atomic E-state index is 0.0241. The van der Waals surface area contributed by atoms with E-state index >= 15 is 0 Å². The van der Waals surface area contributed by atoms with Crippen molar-refractivity contribution in [2.24, 2.45) is 11.3 Å². The summed E-state index contributed by atoms with van der Waals surface area (Å²) in [4.78, 5) is 0. The Morgan fingerprint density at radius 2 is 1.48 bits per heavy atom. The molecule has 0 radical (unpaired) electrons. The number of nitrogens with one attached hydrogen (secondary N) is 1. The van der Waals surface area contributed by atoms with Crippen LogP contribution >= 0.6 is 0 Å². The standard InChI is InChI=1S/C21H43NO/c1-7-8-9-10-11-12-13-19(20(2,3)4)21(5,6)23-18-14-16-22-17-15-18/h18-19,22H,7-17H2,1-6H3. The third-order valence-corrected chi connectivity index (χ3v) is 5.49. The van der Waals surface area contributed by atoms with Gasteiger partial charge in [-0.1, -0.05) is 66.2 Å². The highest BCUT2D eigenvalue weighted by Gasteiger charge is 2.39. The summed E-state index contributed by atoms with van der Waals surface area (Å²) in [6.45, 7) is 16.4. The average molecular weight is 326 g/mol. The Balaban J connectivity index is 2.50. The molecule has 1 unspecified atom stereocenters. The van der Waals surface area contributed by atoms with Crippen molar-refractivity contribution in [3.05, 3.63) is 0 Å². The predicted molar refractivity (Wildman–Crippen MR) is 102 cm³/mol. The van der Waals surface area contributed by atoms with Crippen LogP contribution in [0, 0.1) is 11.3 Å². The van der Waals surface area contributed by atoms with Gasteiger partial charge in [-0.2, -0.15) is 0 Å². The van der Waals surface area contributed by atoms with Crippen molar-refractivity contribution in [2.75, 3.05) is 13.1 Å². The molecule has 1 fully saturated rings. The van der Waals surface area contributed by atoms with Crippen LogP contribution in [-0.4, -0.2) is 24.8 Å². The monoisotopic (exact) mass is 325 g/mol.